The lowest BCUT2D eigenvalue weighted by atomic mass is 9.84. The first-order chi connectivity index (χ1) is 11.6. The second-order valence-corrected chi connectivity index (χ2v) is 7.71. The van der Waals surface area contributed by atoms with Crippen LogP contribution in [0.2, 0.25) is 0 Å². The molecule has 0 radical (unpaired) electrons. The molecule has 24 heavy (non-hydrogen) atoms. The van der Waals surface area contributed by atoms with Gasteiger partial charge in [-0.25, -0.2) is 19.7 Å². The molecule has 0 aromatic carbocycles. The van der Waals surface area contributed by atoms with Crippen molar-refractivity contribution in [1.29, 1.82) is 0 Å². The van der Waals surface area contributed by atoms with Crippen LogP contribution in [0.3, 0.4) is 0 Å². The lowest BCUT2D eigenvalue weighted by Crippen LogP contribution is -2.37. The van der Waals surface area contributed by atoms with Crippen LogP contribution in [0.4, 0.5) is 5.82 Å². The molecule has 2 fully saturated rings. The van der Waals surface area contributed by atoms with Gasteiger partial charge in [0.1, 0.15) is 17.9 Å². The lowest BCUT2D eigenvalue weighted by Gasteiger charge is -2.25. The molecule has 1 saturated heterocycles. The molecule has 0 amide bonds. The fourth-order valence-electron chi connectivity index (χ4n) is 4.23. The number of hydrogen-bond acceptors (Lipinski definition) is 6. The zero-order valence-corrected chi connectivity index (χ0v) is 15.1. The molecule has 7 heteroatoms. The maximum atomic E-state index is 12.4. The quantitative estimate of drug-likeness (QED) is 0.733. The number of carbonyl (C=O) groups excluding carboxylic acids is 1. The van der Waals surface area contributed by atoms with E-state index in [0.717, 1.165) is 34.3 Å². The maximum Gasteiger partial charge on any atom is 0.328 e. The van der Waals surface area contributed by atoms with Crippen LogP contribution >= 0.6 is 15.9 Å². The number of esters is 1. The highest BCUT2D eigenvalue weighted by Gasteiger charge is 2.49. The van der Waals surface area contributed by atoms with E-state index in [1.807, 2.05) is 6.07 Å². The number of fused-ring (bicyclic) bond motifs is 1. The summed E-state index contributed by atoms with van der Waals surface area (Å²) in [4.78, 5) is 27.7. The zero-order valence-electron chi connectivity index (χ0n) is 13.5. The number of halogens is 1. The molecule has 2 aliphatic rings. The lowest BCUT2D eigenvalue weighted by molar-refractivity contribution is -0.142. The van der Waals surface area contributed by atoms with Gasteiger partial charge in [0.25, 0.3) is 0 Å². The Labute approximate surface area is 148 Å². The van der Waals surface area contributed by atoms with E-state index in [9.17, 15) is 4.79 Å². The predicted octanol–water partition coefficient (Wildman–Crippen LogP) is 3.10. The molecule has 1 aliphatic carbocycles. The van der Waals surface area contributed by atoms with Crippen molar-refractivity contribution in [2.45, 2.75) is 38.1 Å². The van der Waals surface area contributed by atoms with Crippen molar-refractivity contribution in [1.82, 2.24) is 15.0 Å². The first-order valence-electron chi connectivity index (χ1n) is 8.23. The number of carbonyl (C=O) groups is 1. The highest BCUT2D eigenvalue weighted by molar-refractivity contribution is 9.10. The number of pyridine rings is 1. The zero-order chi connectivity index (χ0) is 16.7. The summed E-state index contributed by atoms with van der Waals surface area (Å²) in [5, 5.41) is 0. The summed E-state index contributed by atoms with van der Waals surface area (Å²) >= 11 is 3.42. The summed E-state index contributed by atoms with van der Waals surface area (Å²) in [6.45, 7) is 0.830. The predicted molar refractivity (Wildman–Crippen MR) is 93.7 cm³/mol. The van der Waals surface area contributed by atoms with Crippen molar-refractivity contribution in [2.24, 2.45) is 5.41 Å². The van der Waals surface area contributed by atoms with Crippen molar-refractivity contribution >= 4 is 38.8 Å². The molecule has 1 atom stereocenters. The molecule has 126 valence electrons. The molecule has 2 aromatic heterocycles. The van der Waals surface area contributed by atoms with Crippen LogP contribution in [0.25, 0.3) is 11.0 Å². The normalized spacial score (nSPS) is 22.4. The van der Waals surface area contributed by atoms with Gasteiger partial charge in [0.15, 0.2) is 5.82 Å². The second kappa shape index (κ2) is 5.95. The van der Waals surface area contributed by atoms with Crippen LogP contribution in [0.5, 0.6) is 0 Å². The van der Waals surface area contributed by atoms with Gasteiger partial charge in [-0.2, -0.15) is 0 Å². The Morgan fingerprint density at radius 1 is 1.33 bits per heavy atom. The largest absolute Gasteiger partial charge is 0.467 e. The first-order valence-corrected chi connectivity index (χ1v) is 9.02. The third kappa shape index (κ3) is 2.55. The van der Waals surface area contributed by atoms with Gasteiger partial charge >= 0.3 is 5.97 Å². The molecule has 3 heterocycles. The minimum Gasteiger partial charge on any atom is -0.467 e. The molecule has 1 aliphatic heterocycles. The van der Waals surface area contributed by atoms with Crippen molar-refractivity contribution in [2.75, 3.05) is 18.6 Å². The number of aromatic nitrogens is 3. The topological polar surface area (TPSA) is 68.2 Å². The Hall–Kier alpha value is -1.76. The van der Waals surface area contributed by atoms with Crippen LogP contribution in [-0.2, 0) is 9.53 Å². The average Bonchev–Trinajstić information content (AvgIpc) is 3.21. The van der Waals surface area contributed by atoms with Gasteiger partial charge < -0.3 is 9.64 Å². The summed E-state index contributed by atoms with van der Waals surface area (Å²) < 4.78 is 5.94. The van der Waals surface area contributed by atoms with Crippen molar-refractivity contribution < 1.29 is 9.53 Å². The monoisotopic (exact) mass is 390 g/mol. The van der Waals surface area contributed by atoms with Crippen molar-refractivity contribution in [3.63, 3.8) is 0 Å². The van der Waals surface area contributed by atoms with Gasteiger partial charge in [-0.3, -0.25) is 0 Å². The van der Waals surface area contributed by atoms with Gasteiger partial charge in [0.05, 0.1) is 12.6 Å². The number of rotatable bonds is 2. The van der Waals surface area contributed by atoms with E-state index in [1.54, 1.807) is 12.5 Å². The number of hydrogen-bond donors (Lipinski definition) is 0. The van der Waals surface area contributed by atoms with E-state index in [1.165, 1.54) is 32.8 Å². The van der Waals surface area contributed by atoms with E-state index in [-0.39, 0.29) is 17.4 Å². The minimum atomic E-state index is -0.295. The van der Waals surface area contributed by atoms with Gasteiger partial charge in [-0.15, -0.1) is 0 Å². The molecule has 4 rings (SSSR count). The smallest absolute Gasteiger partial charge is 0.328 e. The number of ether oxygens (including phenoxy) is 1. The Morgan fingerprint density at radius 2 is 2.12 bits per heavy atom. The molecular weight excluding hydrogens is 372 g/mol. The summed E-state index contributed by atoms with van der Waals surface area (Å²) in [7, 11) is 1.45. The molecule has 6 nitrogen and oxygen atoms in total. The number of methoxy groups -OCH3 is 1. The Kier molecular flexibility index (Phi) is 3.90. The van der Waals surface area contributed by atoms with Crippen molar-refractivity contribution in [3.8, 4) is 0 Å². The summed E-state index contributed by atoms with van der Waals surface area (Å²) in [6, 6.07) is 1.62. The van der Waals surface area contributed by atoms with E-state index < -0.39 is 0 Å². The van der Waals surface area contributed by atoms with Crippen molar-refractivity contribution in [3.05, 3.63) is 23.1 Å². The van der Waals surface area contributed by atoms with Crippen LogP contribution < -0.4 is 4.90 Å². The third-order valence-electron chi connectivity index (χ3n) is 5.34. The molecule has 1 spiro atoms. The summed E-state index contributed by atoms with van der Waals surface area (Å²) in [5.41, 5.74) is 1.70. The maximum absolute atomic E-state index is 12.4. The molecule has 2 aromatic rings. The van der Waals surface area contributed by atoms with Gasteiger partial charge in [-0.05, 0) is 46.7 Å². The standard InChI is InChI=1S/C17H19BrN4O2/c1-24-16(23)13-7-17(4-2-3-5-17)9-22(13)15-14-12(20-10-21-15)6-11(18)8-19-14/h6,8,10,13H,2-5,7,9H2,1H3. The first kappa shape index (κ1) is 15.7. The molecular formula is C17H19BrN4O2. The summed E-state index contributed by atoms with van der Waals surface area (Å²) in [6.07, 6.45) is 8.91. The highest BCUT2D eigenvalue weighted by atomic mass is 79.9. The van der Waals surface area contributed by atoms with Gasteiger partial charge in [-0.1, -0.05) is 12.8 Å². The molecule has 1 unspecified atom stereocenters. The minimum absolute atomic E-state index is 0.192. The second-order valence-electron chi connectivity index (χ2n) is 6.80. The number of nitrogens with zero attached hydrogens (tertiary/aromatic N) is 4. The van der Waals surface area contributed by atoms with Gasteiger partial charge in [0.2, 0.25) is 0 Å². The highest BCUT2D eigenvalue weighted by Crippen LogP contribution is 2.49. The Balaban J connectivity index is 1.79. The third-order valence-corrected chi connectivity index (χ3v) is 5.77. The van der Waals surface area contributed by atoms with Crippen LogP contribution in [0, 0.1) is 5.41 Å². The Morgan fingerprint density at radius 3 is 2.88 bits per heavy atom. The Bertz CT molecular complexity index is 791. The fourth-order valence-corrected chi connectivity index (χ4v) is 4.55. The van der Waals surface area contributed by atoms with E-state index in [4.69, 9.17) is 4.74 Å². The van der Waals surface area contributed by atoms with E-state index in [0.29, 0.717) is 0 Å². The fraction of sp³-hybridized carbons (Fsp3) is 0.529. The van der Waals surface area contributed by atoms with Gasteiger partial charge in [0, 0.05) is 17.2 Å². The molecule has 1 saturated carbocycles. The van der Waals surface area contributed by atoms with Crippen LogP contribution in [-0.4, -0.2) is 40.6 Å². The summed E-state index contributed by atoms with van der Waals surface area (Å²) in [5.74, 6) is 0.536. The molecule has 0 N–H and O–H groups in total. The van der Waals surface area contributed by atoms with Crippen LogP contribution in [0.1, 0.15) is 32.1 Å². The van der Waals surface area contributed by atoms with Crippen LogP contribution in [0.15, 0.2) is 23.1 Å². The van der Waals surface area contributed by atoms with E-state index >= 15 is 0 Å². The SMILES string of the molecule is COC(=O)C1CC2(CCCC2)CN1c1ncnc2cc(Br)cnc12. The average molecular weight is 391 g/mol. The molecule has 0 bridgehead atoms. The number of anilines is 1. The van der Waals surface area contributed by atoms with E-state index in [2.05, 4.69) is 35.8 Å².